The van der Waals surface area contributed by atoms with E-state index >= 15 is 0 Å². The third-order valence-electron chi connectivity index (χ3n) is 4.88. The second-order valence-electron chi connectivity index (χ2n) is 6.63. The molecular weight excluding hydrogens is 224 g/mol. The van der Waals surface area contributed by atoms with Crippen LogP contribution < -0.4 is 5.32 Å². The summed E-state index contributed by atoms with van der Waals surface area (Å²) >= 11 is 0. The molecule has 3 nitrogen and oxygen atoms in total. The maximum absolute atomic E-state index is 5.85. The van der Waals surface area contributed by atoms with Crippen LogP contribution in [0.2, 0.25) is 0 Å². The summed E-state index contributed by atoms with van der Waals surface area (Å²) in [5.74, 6) is 0.752. The van der Waals surface area contributed by atoms with Gasteiger partial charge in [-0.15, -0.1) is 0 Å². The highest BCUT2D eigenvalue weighted by Crippen LogP contribution is 2.34. The number of nitrogens with one attached hydrogen (secondary N) is 1. The third-order valence-corrected chi connectivity index (χ3v) is 4.88. The molecule has 2 fully saturated rings. The van der Waals surface area contributed by atoms with Crippen LogP contribution in [0.4, 0.5) is 0 Å². The van der Waals surface area contributed by atoms with Crippen LogP contribution >= 0.6 is 0 Å². The Morgan fingerprint density at radius 1 is 1.39 bits per heavy atom. The molecular formula is C15H30N2O. The Hall–Kier alpha value is -0.120. The minimum atomic E-state index is 0.474. The molecule has 0 saturated carbocycles. The summed E-state index contributed by atoms with van der Waals surface area (Å²) in [6.07, 6.45) is 5.63. The average molecular weight is 254 g/mol. The van der Waals surface area contributed by atoms with Gasteiger partial charge in [-0.1, -0.05) is 13.8 Å². The summed E-state index contributed by atoms with van der Waals surface area (Å²) in [5, 5.41) is 3.55. The van der Waals surface area contributed by atoms with E-state index in [0.29, 0.717) is 11.5 Å². The fourth-order valence-corrected chi connectivity index (χ4v) is 3.47. The molecule has 18 heavy (non-hydrogen) atoms. The number of hydrogen-bond acceptors (Lipinski definition) is 3. The van der Waals surface area contributed by atoms with Gasteiger partial charge in [-0.05, 0) is 50.6 Å². The largest absolute Gasteiger partial charge is 0.377 e. The predicted octanol–water partition coefficient (Wildman–Crippen LogP) is 2.12. The lowest BCUT2D eigenvalue weighted by atomic mass is 9.76. The van der Waals surface area contributed by atoms with E-state index in [-0.39, 0.29) is 0 Å². The lowest BCUT2D eigenvalue weighted by molar-refractivity contribution is -0.00977. The lowest BCUT2D eigenvalue weighted by Crippen LogP contribution is -2.44. The van der Waals surface area contributed by atoms with Crippen molar-refractivity contribution in [1.29, 1.82) is 0 Å². The Kier molecular flexibility index (Phi) is 5.05. The van der Waals surface area contributed by atoms with E-state index in [1.54, 1.807) is 0 Å². The van der Waals surface area contributed by atoms with Crippen LogP contribution in [-0.4, -0.2) is 50.8 Å². The minimum Gasteiger partial charge on any atom is -0.377 e. The molecule has 2 heterocycles. The minimum absolute atomic E-state index is 0.474. The van der Waals surface area contributed by atoms with Crippen molar-refractivity contribution in [2.24, 2.45) is 11.3 Å². The highest BCUT2D eigenvalue weighted by molar-refractivity contribution is 4.92. The molecule has 0 aromatic heterocycles. The molecule has 2 rings (SSSR count). The Balaban J connectivity index is 1.83. The van der Waals surface area contributed by atoms with E-state index in [2.05, 4.69) is 31.1 Å². The van der Waals surface area contributed by atoms with Gasteiger partial charge in [0.2, 0.25) is 0 Å². The number of rotatable bonds is 5. The third kappa shape index (κ3) is 3.46. The van der Waals surface area contributed by atoms with Crippen molar-refractivity contribution in [3.8, 4) is 0 Å². The smallest absolute Gasteiger partial charge is 0.0701 e. The van der Waals surface area contributed by atoms with Crippen molar-refractivity contribution in [3.05, 3.63) is 0 Å². The molecule has 0 aliphatic carbocycles. The summed E-state index contributed by atoms with van der Waals surface area (Å²) in [6, 6.07) is 0. The van der Waals surface area contributed by atoms with Gasteiger partial charge < -0.3 is 15.0 Å². The van der Waals surface area contributed by atoms with Crippen molar-refractivity contribution in [1.82, 2.24) is 10.2 Å². The van der Waals surface area contributed by atoms with Gasteiger partial charge in [0, 0.05) is 26.2 Å². The Labute approximate surface area is 112 Å². The summed E-state index contributed by atoms with van der Waals surface area (Å²) in [7, 11) is 2.26. The van der Waals surface area contributed by atoms with Crippen LogP contribution in [-0.2, 0) is 4.74 Å². The molecule has 0 amide bonds. The first-order valence-corrected chi connectivity index (χ1v) is 7.63. The summed E-state index contributed by atoms with van der Waals surface area (Å²) in [4.78, 5) is 2.50. The van der Waals surface area contributed by atoms with Gasteiger partial charge in [-0.2, -0.15) is 0 Å². The van der Waals surface area contributed by atoms with E-state index in [1.807, 2.05) is 0 Å². The first-order valence-electron chi connectivity index (χ1n) is 7.63. The Bertz CT molecular complexity index is 243. The molecule has 0 radical (unpaired) electrons. The van der Waals surface area contributed by atoms with Gasteiger partial charge in [-0.3, -0.25) is 0 Å². The molecule has 2 saturated heterocycles. The van der Waals surface area contributed by atoms with Gasteiger partial charge >= 0.3 is 0 Å². The maximum Gasteiger partial charge on any atom is 0.0701 e. The van der Waals surface area contributed by atoms with E-state index in [9.17, 15) is 0 Å². The van der Waals surface area contributed by atoms with Crippen molar-refractivity contribution in [2.75, 3.05) is 39.8 Å². The van der Waals surface area contributed by atoms with Gasteiger partial charge in [0.05, 0.1) is 6.10 Å². The fourth-order valence-electron chi connectivity index (χ4n) is 3.47. The molecule has 2 aliphatic rings. The van der Waals surface area contributed by atoms with Crippen LogP contribution in [0.5, 0.6) is 0 Å². The highest BCUT2D eigenvalue weighted by Gasteiger charge is 2.38. The zero-order valence-corrected chi connectivity index (χ0v) is 12.4. The summed E-state index contributed by atoms with van der Waals surface area (Å²) < 4.78 is 5.85. The zero-order valence-electron chi connectivity index (χ0n) is 12.4. The molecule has 3 heteroatoms. The molecule has 106 valence electrons. The summed E-state index contributed by atoms with van der Waals surface area (Å²) in [5.41, 5.74) is 0.476. The predicted molar refractivity (Wildman–Crippen MR) is 75.8 cm³/mol. The van der Waals surface area contributed by atoms with Crippen molar-refractivity contribution in [3.63, 3.8) is 0 Å². The SMILES string of the molecule is CC(C)C1(CN(C)CC2CCCCO2)CCNC1. The normalized spacial score (nSPS) is 33.5. The van der Waals surface area contributed by atoms with Crippen LogP contribution in [0.15, 0.2) is 0 Å². The molecule has 0 aromatic rings. The molecule has 0 spiro atoms. The lowest BCUT2D eigenvalue weighted by Gasteiger charge is -2.38. The molecule has 0 aromatic carbocycles. The summed E-state index contributed by atoms with van der Waals surface area (Å²) in [6.45, 7) is 10.4. The average Bonchev–Trinajstić information content (AvgIpc) is 2.80. The van der Waals surface area contributed by atoms with E-state index in [1.165, 1.54) is 45.3 Å². The monoisotopic (exact) mass is 254 g/mol. The number of nitrogens with zero attached hydrogens (tertiary/aromatic N) is 1. The van der Waals surface area contributed by atoms with Crippen molar-refractivity contribution < 1.29 is 4.74 Å². The van der Waals surface area contributed by atoms with Gasteiger partial charge in [0.1, 0.15) is 0 Å². The van der Waals surface area contributed by atoms with Crippen LogP contribution in [0.1, 0.15) is 39.5 Å². The van der Waals surface area contributed by atoms with Gasteiger partial charge in [0.15, 0.2) is 0 Å². The van der Waals surface area contributed by atoms with E-state index in [4.69, 9.17) is 4.74 Å². The van der Waals surface area contributed by atoms with Gasteiger partial charge in [0.25, 0.3) is 0 Å². The number of hydrogen-bond donors (Lipinski definition) is 1. The number of likely N-dealkylation sites (N-methyl/N-ethyl adjacent to an activating group) is 1. The zero-order chi connectivity index (χ0) is 13.0. The first kappa shape index (κ1) is 14.3. The topological polar surface area (TPSA) is 24.5 Å². The Morgan fingerprint density at radius 3 is 2.78 bits per heavy atom. The molecule has 2 atom stereocenters. The molecule has 2 aliphatic heterocycles. The number of ether oxygens (including phenoxy) is 1. The van der Waals surface area contributed by atoms with E-state index < -0.39 is 0 Å². The van der Waals surface area contributed by atoms with Crippen LogP contribution in [0.3, 0.4) is 0 Å². The quantitative estimate of drug-likeness (QED) is 0.813. The van der Waals surface area contributed by atoms with Crippen LogP contribution in [0.25, 0.3) is 0 Å². The fraction of sp³-hybridized carbons (Fsp3) is 1.00. The Morgan fingerprint density at radius 2 is 2.22 bits per heavy atom. The second-order valence-corrected chi connectivity index (χ2v) is 6.63. The molecule has 1 N–H and O–H groups in total. The molecule has 0 bridgehead atoms. The second kappa shape index (κ2) is 6.36. The van der Waals surface area contributed by atoms with Gasteiger partial charge in [-0.25, -0.2) is 0 Å². The van der Waals surface area contributed by atoms with Crippen LogP contribution in [0, 0.1) is 11.3 Å². The highest BCUT2D eigenvalue weighted by atomic mass is 16.5. The first-order chi connectivity index (χ1) is 8.62. The standard InChI is InChI=1S/C15H30N2O/c1-13(2)15(7-8-16-11-15)12-17(3)10-14-6-4-5-9-18-14/h13-14,16H,4-12H2,1-3H3. The van der Waals surface area contributed by atoms with E-state index in [0.717, 1.165) is 19.1 Å². The molecule has 2 unspecified atom stereocenters. The van der Waals surface area contributed by atoms with Crippen molar-refractivity contribution >= 4 is 0 Å². The maximum atomic E-state index is 5.85. The van der Waals surface area contributed by atoms with Crippen molar-refractivity contribution in [2.45, 2.75) is 45.6 Å².